The van der Waals surface area contributed by atoms with Gasteiger partial charge in [-0.15, -0.1) is 11.8 Å². The van der Waals surface area contributed by atoms with Crippen molar-refractivity contribution >= 4 is 29.3 Å². The highest BCUT2D eigenvalue weighted by Gasteiger charge is 2.21. The lowest BCUT2D eigenvalue weighted by molar-refractivity contribution is -0.387. The molecule has 1 rings (SSSR count). The first kappa shape index (κ1) is 16.0. The molecule has 0 aliphatic heterocycles. The Balaban J connectivity index is 3.15. The van der Waals surface area contributed by atoms with Crippen molar-refractivity contribution in [2.45, 2.75) is 24.0 Å². The number of nitro benzene ring substituents is 1. The molecule has 0 radical (unpaired) electrons. The van der Waals surface area contributed by atoms with Crippen LogP contribution in [0.1, 0.15) is 24.2 Å². The van der Waals surface area contributed by atoms with Crippen LogP contribution in [0, 0.1) is 10.1 Å². The molecule has 2 N–H and O–H groups in total. The van der Waals surface area contributed by atoms with Gasteiger partial charge in [0.1, 0.15) is 5.25 Å². The van der Waals surface area contributed by atoms with Gasteiger partial charge in [-0.2, -0.15) is 0 Å². The van der Waals surface area contributed by atoms with E-state index in [1.807, 2.05) is 0 Å². The Kier molecular flexibility index (Phi) is 5.51. The summed E-state index contributed by atoms with van der Waals surface area (Å²) in [6, 6.07) is 3.90. The van der Waals surface area contributed by atoms with Gasteiger partial charge in [-0.05, 0) is 26.0 Å². The van der Waals surface area contributed by atoms with E-state index in [0.29, 0.717) is 6.54 Å². The zero-order valence-corrected chi connectivity index (χ0v) is 11.8. The number of thioether (sulfide) groups is 1. The first-order chi connectivity index (χ1) is 9.36. The third-order valence-corrected chi connectivity index (χ3v) is 3.54. The molecule has 0 aliphatic carbocycles. The lowest BCUT2D eigenvalue weighted by atomic mass is 10.2. The SMILES string of the molecule is CCNC(=O)c1ccc([N+](=O)[O-])c(SC(C)C(=O)O)c1. The first-order valence-electron chi connectivity index (χ1n) is 5.83. The number of rotatable bonds is 6. The lowest BCUT2D eigenvalue weighted by Crippen LogP contribution is -2.22. The molecular formula is C12H14N2O5S. The Bertz CT molecular complexity index is 547. The second-order valence-corrected chi connectivity index (χ2v) is 5.28. The van der Waals surface area contributed by atoms with Crippen molar-refractivity contribution in [2.75, 3.05) is 6.54 Å². The Morgan fingerprint density at radius 3 is 2.65 bits per heavy atom. The van der Waals surface area contributed by atoms with Gasteiger partial charge in [-0.1, -0.05) is 0 Å². The highest BCUT2D eigenvalue weighted by Crippen LogP contribution is 2.33. The molecule has 0 saturated heterocycles. The van der Waals surface area contributed by atoms with Crippen LogP contribution >= 0.6 is 11.8 Å². The second kappa shape index (κ2) is 6.90. The summed E-state index contributed by atoms with van der Waals surface area (Å²) in [6.45, 7) is 3.62. The number of nitro groups is 1. The number of aliphatic carboxylic acids is 1. The average molecular weight is 298 g/mol. The summed E-state index contributed by atoms with van der Waals surface area (Å²) in [7, 11) is 0. The van der Waals surface area contributed by atoms with Crippen LogP contribution in [0.2, 0.25) is 0 Å². The van der Waals surface area contributed by atoms with Crippen LogP contribution in [0.5, 0.6) is 0 Å². The fraction of sp³-hybridized carbons (Fsp3) is 0.333. The fourth-order valence-corrected chi connectivity index (χ4v) is 2.34. The molecule has 0 saturated carbocycles. The van der Waals surface area contributed by atoms with Gasteiger partial charge in [0.15, 0.2) is 0 Å². The number of carbonyl (C=O) groups excluding carboxylic acids is 1. The lowest BCUT2D eigenvalue weighted by Gasteiger charge is -2.09. The number of carboxylic acid groups (broad SMARTS) is 1. The number of nitrogens with zero attached hydrogens (tertiary/aromatic N) is 1. The van der Waals surface area contributed by atoms with Gasteiger partial charge >= 0.3 is 5.97 Å². The fourth-order valence-electron chi connectivity index (χ4n) is 1.40. The van der Waals surface area contributed by atoms with Crippen LogP contribution in [-0.4, -0.2) is 33.7 Å². The number of amides is 1. The highest BCUT2D eigenvalue weighted by atomic mass is 32.2. The van der Waals surface area contributed by atoms with E-state index in [0.717, 1.165) is 11.8 Å². The van der Waals surface area contributed by atoms with Crippen molar-refractivity contribution in [3.8, 4) is 0 Å². The topological polar surface area (TPSA) is 110 Å². The van der Waals surface area contributed by atoms with Gasteiger partial charge in [-0.3, -0.25) is 19.7 Å². The van der Waals surface area contributed by atoms with E-state index >= 15 is 0 Å². The zero-order valence-electron chi connectivity index (χ0n) is 11.0. The number of hydrogen-bond donors (Lipinski definition) is 2. The molecule has 7 nitrogen and oxygen atoms in total. The van der Waals surface area contributed by atoms with Crippen molar-refractivity contribution < 1.29 is 19.6 Å². The summed E-state index contributed by atoms with van der Waals surface area (Å²) in [5.74, 6) is -1.43. The van der Waals surface area contributed by atoms with E-state index in [1.54, 1.807) is 6.92 Å². The third-order valence-electron chi connectivity index (χ3n) is 2.41. The summed E-state index contributed by atoms with van der Waals surface area (Å²) < 4.78 is 0. The predicted molar refractivity (Wildman–Crippen MR) is 74.1 cm³/mol. The molecular weight excluding hydrogens is 284 g/mol. The quantitative estimate of drug-likeness (QED) is 0.471. The van der Waals surface area contributed by atoms with Gasteiger partial charge in [-0.25, -0.2) is 0 Å². The third kappa shape index (κ3) is 3.95. The van der Waals surface area contributed by atoms with E-state index < -0.39 is 16.1 Å². The maximum absolute atomic E-state index is 11.7. The molecule has 8 heteroatoms. The van der Waals surface area contributed by atoms with Crippen LogP contribution in [0.25, 0.3) is 0 Å². The van der Waals surface area contributed by atoms with Gasteiger partial charge < -0.3 is 10.4 Å². The van der Waals surface area contributed by atoms with E-state index in [9.17, 15) is 19.7 Å². The Morgan fingerprint density at radius 1 is 1.50 bits per heavy atom. The standard InChI is InChI=1S/C12H14N2O5S/c1-3-13-11(15)8-4-5-9(14(18)19)10(6-8)20-7(2)12(16)17/h4-7H,3H2,1-2H3,(H,13,15)(H,16,17). The molecule has 0 heterocycles. The van der Waals surface area contributed by atoms with E-state index in [4.69, 9.17) is 5.11 Å². The number of carbonyl (C=O) groups is 2. The maximum atomic E-state index is 11.7. The van der Waals surface area contributed by atoms with Crippen molar-refractivity contribution in [3.63, 3.8) is 0 Å². The summed E-state index contributed by atoms with van der Waals surface area (Å²) in [5, 5.41) is 21.5. The first-order valence-corrected chi connectivity index (χ1v) is 6.70. The number of nitrogens with one attached hydrogen (secondary N) is 1. The average Bonchev–Trinajstić information content (AvgIpc) is 2.38. The molecule has 1 aromatic carbocycles. The molecule has 0 aromatic heterocycles. The maximum Gasteiger partial charge on any atom is 0.316 e. The van der Waals surface area contributed by atoms with E-state index in [1.165, 1.54) is 25.1 Å². The van der Waals surface area contributed by atoms with Crippen LogP contribution < -0.4 is 5.32 Å². The smallest absolute Gasteiger partial charge is 0.316 e. The molecule has 108 valence electrons. The van der Waals surface area contributed by atoms with E-state index in [2.05, 4.69) is 5.32 Å². The van der Waals surface area contributed by atoms with Gasteiger partial charge in [0, 0.05) is 18.2 Å². The monoisotopic (exact) mass is 298 g/mol. The molecule has 20 heavy (non-hydrogen) atoms. The van der Waals surface area contributed by atoms with Crippen molar-refractivity contribution in [2.24, 2.45) is 0 Å². The molecule has 1 aromatic rings. The Morgan fingerprint density at radius 2 is 2.15 bits per heavy atom. The van der Waals surface area contributed by atoms with Crippen LogP contribution in [-0.2, 0) is 4.79 Å². The number of carboxylic acids is 1. The summed E-state index contributed by atoms with van der Waals surface area (Å²) in [4.78, 5) is 33.0. The molecule has 1 atom stereocenters. The molecule has 0 fully saturated rings. The molecule has 0 aliphatic rings. The molecule has 1 amide bonds. The van der Waals surface area contributed by atoms with Crippen molar-refractivity contribution in [1.82, 2.24) is 5.32 Å². The summed E-state index contributed by atoms with van der Waals surface area (Å²) in [6.07, 6.45) is 0. The Hall–Kier alpha value is -2.09. The van der Waals surface area contributed by atoms with E-state index in [-0.39, 0.29) is 22.1 Å². The summed E-state index contributed by atoms with van der Waals surface area (Å²) >= 11 is 0.835. The minimum Gasteiger partial charge on any atom is -0.480 e. The normalized spacial score (nSPS) is 11.7. The van der Waals surface area contributed by atoms with Gasteiger partial charge in [0.05, 0.1) is 9.82 Å². The minimum absolute atomic E-state index is 0.161. The zero-order chi connectivity index (χ0) is 15.3. The highest BCUT2D eigenvalue weighted by molar-refractivity contribution is 8.00. The predicted octanol–water partition coefficient (Wildman–Crippen LogP) is 1.91. The largest absolute Gasteiger partial charge is 0.480 e. The van der Waals surface area contributed by atoms with Crippen molar-refractivity contribution in [1.29, 1.82) is 0 Å². The molecule has 0 bridgehead atoms. The number of hydrogen-bond acceptors (Lipinski definition) is 5. The second-order valence-electron chi connectivity index (χ2n) is 3.90. The molecule has 0 spiro atoms. The van der Waals surface area contributed by atoms with Crippen LogP contribution in [0.4, 0.5) is 5.69 Å². The van der Waals surface area contributed by atoms with Crippen LogP contribution in [0.15, 0.2) is 23.1 Å². The summed E-state index contributed by atoms with van der Waals surface area (Å²) in [5.41, 5.74) is 0.0497. The van der Waals surface area contributed by atoms with Gasteiger partial charge in [0.25, 0.3) is 11.6 Å². The van der Waals surface area contributed by atoms with Crippen molar-refractivity contribution in [3.05, 3.63) is 33.9 Å². The van der Waals surface area contributed by atoms with Gasteiger partial charge in [0.2, 0.25) is 0 Å². The molecule has 1 unspecified atom stereocenters. The minimum atomic E-state index is -1.08. The van der Waals surface area contributed by atoms with Crippen LogP contribution in [0.3, 0.4) is 0 Å². The number of benzene rings is 1. The Labute approximate surface area is 119 Å².